The lowest BCUT2D eigenvalue weighted by atomic mass is 10.1. The number of nitrogens with one attached hydrogen (secondary N) is 1. The van der Waals surface area contributed by atoms with Gasteiger partial charge in [0.1, 0.15) is 24.1 Å². The van der Waals surface area contributed by atoms with Gasteiger partial charge in [0.05, 0.1) is 6.61 Å². The monoisotopic (exact) mass is 270 g/mol. The van der Waals surface area contributed by atoms with E-state index in [1.165, 1.54) is 0 Å². The molecule has 0 radical (unpaired) electrons. The lowest BCUT2D eigenvalue weighted by molar-refractivity contribution is -0.132. The lowest BCUT2D eigenvalue weighted by Crippen LogP contribution is -2.33. The highest BCUT2D eigenvalue weighted by atomic mass is 16.6. The summed E-state index contributed by atoms with van der Waals surface area (Å²) in [6, 6.07) is 9.23. The molecule has 0 aromatic heterocycles. The molecule has 1 aliphatic rings. The second kappa shape index (κ2) is 7.17. The van der Waals surface area contributed by atoms with Crippen LogP contribution in [0.2, 0.25) is 0 Å². The summed E-state index contributed by atoms with van der Waals surface area (Å²) in [4.78, 5) is 0. The summed E-state index contributed by atoms with van der Waals surface area (Å²) < 4.78 is 4.54. The standard InChI is InChI=1S/C7H8N2.C5H10O5/c8-7(9)6-4-2-1-3-5-6;6-1-2-3(7)4(8)5(9)10-2/h1-5H,(H3,8,9);2-9H,1H2/t;2-,3-,4-,5?/m.1/s1. The molecule has 106 valence electrons. The third-order valence-corrected chi connectivity index (χ3v) is 2.60. The number of aliphatic hydroxyl groups excluding tert-OH is 4. The highest BCUT2D eigenvalue weighted by Crippen LogP contribution is 2.18. The highest BCUT2D eigenvalue weighted by Gasteiger charge is 2.41. The first-order chi connectivity index (χ1) is 8.97. The molecule has 1 aromatic carbocycles. The van der Waals surface area contributed by atoms with E-state index >= 15 is 0 Å². The van der Waals surface area contributed by atoms with Crippen LogP contribution in [0.25, 0.3) is 0 Å². The molecule has 4 atom stereocenters. The number of ether oxygens (including phenoxy) is 1. The molecule has 0 saturated carbocycles. The van der Waals surface area contributed by atoms with E-state index in [9.17, 15) is 0 Å². The number of hydrogen-bond donors (Lipinski definition) is 6. The topological polar surface area (TPSA) is 140 Å². The minimum atomic E-state index is -1.38. The molecule has 7 nitrogen and oxygen atoms in total. The van der Waals surface area contributed by atoms with E-state index in [4.69, 9.17) is 31.6 Å². The molecule has 1 heterocycles. The van der Waals surface area contributed by atoms with Gasteiger partial charge >= 0.3 is 0 Å². The van der Waals surface area contributed by atoms with E-state index in [0.29, 0.717) is 0 Å². The molecule has 7 N–H and O–H groups in total. The molecular formula is C12H18N2O5. The van der Waals surface area contributed by atoms with Crippen LogP contribution in [0.5, 0.6) is 0 Å². The van der Waals surface area contributed by atoms with Crippen LogP contribution in [-0.4, -0.2) is 57.5 Å². The van der Waals surface area contributed by atoms with Crippen LogP contribution in [0.4, 0.5) is 0 Å². The van der Waals surface area contributed by atoms with Crippen molar-refractivity contribution in [3.8, 4) is 0 Å². The average molecular weight is 270 g/mol. The molecule has 7 heteroatoms. The number of hydrogen-bond acceptors (Lipinski definition) is 6. The third-order valence-electron chi connectivity index (χ3n) is 2.60. The van der Waals surface area contributed by atoms with E-state index in [1.54, 1.807) is 0 Å². The van der Waals surface area contributed by atoms with Gasteiger partial charge in [-0.3, -0.25) is 5.41 Å². The Morgan fingerprint density at radius 1 is 1.16 bits per heavy atom. The Morgan fingerprint density at radius 2 is 1.74 bits per heavy atom. The zero-order valence-electron chi connectivity index (χ0n) is 10.2. The van der Waals surface area contributed by atoms with Crippen LogP contribution >= 0.6 is 0 Å². The fourth-order valence-electron chi connectivity index (χ4n) is 1.50. The van der Waals surface area contributed by atoms with Crippen molar-refractivity contribution in [1.29, 1.82) is 5.41 Å². The van der Waals surface area contributed by atoms with Crippen molar-refractivity contribution < 1.29 is 25.2 Å². The van der Waals surface area contributed by atoms with Crippen molar-refractivity contribution in [2.75, 3.05) is 6.61 Å². The Hall–Kier alpha value is -1.51. The predicted molar refractivity (Wildman–Crippen MR) is 67.4 cm³/mol. The van der Waals surface area contributed by atoms with Crippen LogP contribution in [0.1, 0.15) is 5.56 Å². The van der Waals surface area contributed by atoms with Gasteiger partial charge in [-0.1, -0.05) is 30.3 Å². The van der Waals surface area contributed by atoms with Crippen molar-refractivity contribution in [2.24, 2.45) is 5.73 Å². The molecule has 19 heavy (non-hydrogen) atoms. The molecule has 1 saturated heterocycles. The van der Waals surface area contributed by atoms with E-state index in [0.717, 1.165) is 5.56 Å². The van der Waals surface area contributed by atoms with Gasteiger partial charge in [-0.15, -0.1) is 0 Å². The first kappa shape index (κ1) is 15.5. The lowest BCUT2D eigenvalue weighted by Gasteiger charge is -2.09. The maximum atomic E-state index is 8.93. The summed E-state index contributed by atoms with van der Waals surface area (Å²) >= 11 is 0. The van der Waals surface area contributed by atoms with E-state index < -0.39 is 31.2 Å². The quantitative estimate of drug-likeness (QED) is 0.282. The van der Waals surface area contributed by atoms with Gasteiger partial charge in [0.15, 0.2) is 6.29 Å². The molecule has 1 unspecified atom stereocenters. The SMILES string of the molecule is N=C(N)c1ccccc1.OC[C@H]1OC(O)[C@H](O)[C@@H]1O. The second-order valence-corrected chi connectivity index (χ2v) is 4.01. The first-order valence-corrected chi connectivity index (χ1v) is 5.67. The Labute approximate surface area is 110 Å². The van der Waals surface area contributed by atoms with Gasteiger partial charge in [0, 0.05) is 5.56 Å². The van der Waals surface area contributed by atoms with Gasteiger partial charge in [-0.2, -0.15) is 0 Å². The summed E-state index contributed by atoms with van der Waals surface area (Å²) in [5, 5.41) is 42.0. The summed E-state index contributed by atoms with van der Waals surface area (Å²) in [7, 11) is 0. The van der Waals surface area contributed by atoms with Crippen LogP contribution in [0.15, 0.2) is 30.3 Å². The number of rotatable bonds is 2. The summed E-state index contributed by atoms with van der Waals surface area (Å²) in [5.74, 6) is 0.121. The fraction of sp³-hybridized carbons (Fsp3) is 0.417. The van der Waals surface area contributed by atoms with Gasteiger partial charge in [-0.25, -0.2) is 0 Å². The molecule has 2 rings (SSSR count). The highest BCUT2D eigenvalue weighted by molar-refractivity contribution is 5.94. The zero-order chi connectivity index (χ0) is 14.4. The van der Waals surface area contributed by atoms with Crippen molar-refractivity contribution >= 4 is 5.84 Å². The van der Waals surface area contributed by atoms with Crippen molar-refractivity contribution in [3.63, 3.8) is 0 Å². The minimum absolute atomic E-state index is 0.121. The molecule has 1 aliphatic heterocycles. The Balaban J connectivity index is 0.000000191. The number of benzene rings is 1. The van der Waals surface area contributed by atoms with E-state index in [1.807, 2.05) is 30.3 Å². The molecule has 1 fully saturated rings. The smallest absolute Gasteiger partial charge is 0.184 e. The number of nitrogens with two attached hydrogens (primary N) is 1. The van der Waals surface area contributed by atoms with Gasteiger partial charge in [0.25, 0.3) is 0 Å². The fourth-order valence-corrected chi connectivity index (χ4v) is 1.50. The molecule has 0 spiro atoms. The van der Waals surface area contributed by atoms with Crippen molar-refractivity contribution in [1.82, 2.24) is 0 Å². The van der Waals surface area contributed by atoms with Gasteiger partial charge in [-0.05, 0) is 0 Å². The third kappa shape index (κ3) is 4.27. The average Bonchev–Trinajstić information content (AvgIpc) is 2.67. The first-order valence-electron chi connectivity index (χ1n) is 5.67. The maximum absolute atomic E-state index is 8.93. The number of nitrogen functional groups attached to an aromatic ring is 1. The molecule has 0 bridgehead atoms. The van der Waals surface area contributed by atoms with E-state index in [2.05, 4.69) is 4.74 Å². The molecule has 0 aliphatic carbocycles. The van der Waals surface area contributed by atoms with Crippen molar-refractivity contribution in [3.05, 3.63) is 35.9 Å². The Bertz CT molecular complexity index is 400. The van der Waals surface area contributed by atoms with Crippen LogP contribution in [0.3, 0.4) is 0 Å². The summed E-state index contributed by atoms with van der Waals surface area (Å²) in [6.07, 6.45) is -4.76. The minimum Gasteiger partial charge on any atom is -0.394 e. The number of amidine groups is 1. The second-order valence-electron chi connectivity index (χ2n) is 4.01. The van der Waals surface area contributed by atoms with Crippen LogP contribution in [0, 0.1) is 5.41 Å². The number of aliphatic hydroxyl groups is 4. The van der Waals surface area contributed by atoms with Gasteiger partial charge in [0.2, 0.25) is 0 Å². The summed E-state index contributed by atoms with van der Waals surface area (Å²) in [6.45, 7) is -0.407. The maximum Gasteiger partial charge on any atom is 0.184 e. The Kier molecular flexibility index (Phi) is 5.87. The molecule has 1 aromatic rings. The van der Waals surface area contributed by atoms with E-state index in [-0.39, 0.29) is 5.84 Å². The summed E-state index contributed by atoms with van der Waals surface area (Å²) in [5.41, 5.74) is 5.97. The van der Waals surface area contributed by atoms with Gasteiger partial charge < -0.3 is 30.9 Å². The molecular weight excluding hydrogens is 252 g/mol. The predicted octanol–water partition coefficient (Wildman–Crippen LogP) is -1.61. The molecule has 0 amide bonds. The van der Waals surface area contributed by atoms with Crippen LogP contribution in [-0.2, 0) is 4.74 Å². The largest absolute Gasteiger partial charge is 0.394 e. The van der Waals surface area contributed by atoms with Crippen LogP contribution < -0.4 is 5.73 Å². The van der Waals surface area contributed by atoms with Crippen molar-refractivity contribution in [2.45, 2.75) is 24.6 Å². The Morgan fingerprint density at radius 3 is 2.00 bits per heavy atom. The zero-order valence-corrected chi connectivity index (χ0v) is 10.2. The normalized spacial score (nSPS) is 29.5.